The lowest BCUT2D eigenvalue weighted by molar-refractivity contribution is -0.117. The summed E-state index contributed by atoms with van der Waals surface area (Å²) in [6, 6.07) is 5.34. The van der Waals surface area contributed by atoms with E-state index in [0.29, 0.717) is 5.56 Å². The molecule has 0 spiro atoms. The van der Waals surface area contributed by atoms with Crippen LogP contribution in [-0.2, 0) is 17.8 Å². The van der Waals surface area contributed by atoms with Crippen LogP contribution in [-0.4, -0.2) is 21.1 Å². The van der Waals surface area contributed by atoms with Gasteiger partial charge in [-0.2, -0.15) is 0 Å². The Bertz CT molecular complexity index is 915. The Labute approximate surface area is 139 Å². The van der Waals surface area contributed by atoms with Crippen molar-refractivity contribution in [3.05, 3.63) is 67.0 Å². The molecule has 0 amide bonds. The van der Waals surface area contributed by atoms with E-state index in [1.807, 2.05) is 19.9 Å². The van der Waals surface area contributed by atoms with E-state index in [2.05, 4.69) is 4.98 Å². The van der Waals surface area contributed by atoms with E-state index in [4.69, 9.17) is 0 Å². The second-order valence-corrected chi connectivity index (χ2v) is 5.93. The third kappa shape index (κ3) is 3.42. The lowest BCUT2D eigenvalue weighted by atomic mass is 9.99. The Balaban J connectivity index is 2.79. The van der Waals surface area contributed by atoms with Gasteiger partial charge < -0.3 is 0 Å². The van der Waals surface area contributed by atoms with E-state index in [-0.39, 0.29) is 30.0 Å². The number of H-pyrrole nitrogens is 1. The molecule has 0 unspecified atom stereocenters. The molecule has 126 valence electrons. The van der Waals surface area contributed by atoms with E-state index in [9.17, 15) is 19.2 Å². The number of carbonyl (C=O) groups excluding carboxylic acids is 2. The molecule has 0 aliphatic carbocycles. The van der Waals surface area contributed by atoms with E-state index in [1.54, 1.807) is 19.1 Å². The molecule has 1 aromatic carbocycles. The third-order valence-corrected chi connectivity index (χ3v) is 3.73. The summed E-state index contributed by atoms with van der Waals surface area (Å²) < 4.78 is 1.06. The molecule has 0 radical (unpaired) electrons. The molecular weight excluding hydrogens is 308 g/mol. The van der Waals surface area contributed by atoms with Crippen LogP contribution in [0.25, 0.3) is 0 Å². The molecule has 2 rings (SSSR count). The SMILES string of the molecule is CCc1c(C(=O)c2cc(C)cc(C)c2)n(CC(C)=O)c(=O)[nH]c1=O. The highest BCUT2D eigenvalue weighted by Crippen LogP contribution is 2.15. The average molecular weight is 328 g/mol. The molecule has 0 fully saturated rings. The number of aryl methyl sites for hydroxylation is 2. The van der Waals surface area contributed by atoms with Gasteiger partial charge in [0.25, 0.3) is 5.56 Å². The molecule has 0 aliphatic heterocycles. The van der Waals surface area contributed by atoms with Gasteiger partial charge in [-0.05, 0) is 39.3 Å². The highest BCUT2D eigenvalue weighted by Gasteiger charge is 2.22. The predicted molar refractivity (Wildman–Crippen MR) is 90.7 cm³/mol. The zero-order valence-electron chi connectivity index (χ0n) is 14.2. The van der Waals surface area contributed by atoms with E-state index in [1.165, 1.54) is 6.92 Å². The molecule has 0 atom stereocenters. The van der Waals surface area contributed by atoms with Crippen LogP contribution < -0.4 is 11.2 Å². The summed E-state index contributed by atoms with van der Waals surface area (Å²) in [6.45, 7) is 6.53. The molecule has 1 aromatic heterocycles. The lowest BCUT2D eigenvalue weighted by Gasteiger charge is -2.14. The van der Waals surface area contributed by atoms with Gasteiger partial charge in [0.05, 0.1) is 6.54 Å². The summed E-state index contributed by atoms with van der Waals surface area (Å²) in [5.41, 5.74) is 1.06. The fraction of sp³-hybridized carbons (Fsp3) is 0.333. The maximum atomic E-state index is 13.0. The minimum absolute atomic E-state index is 0.00792. The molecule has 0 saturated heterocycles. The minimum atomic E-state index is -0.750. The van der Waals surface area contributed by atoms with Gasteiger partial charge in [0.2, 0.25) is 5.78 Å². The van der Waals surface area contributed by atoms with E-state index < -0.39 is 17.0 Å². The maximum absolute atomic E-state index is 13.0. The topological polar surface area (TPSA) is 89.0 Å². The zero-order chi connectivity index (χ0) is 18.0. The second kappa shape index (κ2) is 6.78. The molecule has 1 heterocycles. The number of benzene rings is 1. The molecule has 2 aromatic rings. The minimum Gasteiger partial charge on any atom is -0.298 e. The summed E-state index contributed by atoms with van der Waals surface area (Å²) >= 11 is 0. The van der Waals surface area contributed by atoms with Crippen molar-refractivity contribution in [1.82, 2.24) is 9.55 Å². The Kier molecular flexibility index (Phi) is 4.97. The molecule has 0 bridgehead atoms. The van der Waals surface area contributed by atoms with Crippen molar-refractivity contribution in [1.29, 1.82) is 0 Å². The van der Waals surface area contributed by atoms with Crippen LogP contribution in [0.3, 0.4) is 0 Å². The van der Waals surface area contributed by atoms with Crippen molar-refractivity contribution >= 4 is 11.6 Å². The van der Waals surface area contributed by atoms with Gasteiger partial charge in [-0.3, -0.25) is 23.9 Å². The number of nitrogens with zero attached hydrogens (tertiary/aromatic N) is 1. The zero-order valence-corrected chi connectivity index (χ0v) is 14.2. The summed E-state index contributed by atoms with van der Waals surface area (Å²) in [4.78, 5) is 50.9. The van der Waals surface area contributed by atoms with Crippen LogP contribution in [0.1, 0.15) is 46.6 Å². The van der Waals surface area contributed by atoms with Crippen LogP contribution >= 0.6 is 0 Å². The molecule has 6 nitrogen and oxygen atoms in total. The first-order chi connectivity index (χ1) is 11.2. The first-order valence-electron chi connectivity index (χ1n) is 7.73. The number of carbonyl (C=O) groups is 2. The summed E-state index contributed by atoms with van der Waals surface area (Å²) in [6.07, 6.45) is 0.277. The first kappa shape index (κ1) is 17.6. The Morgan fingerprint density at radius 2 is 1.67 bits per heavy atom. The Hall–Kier alpha value is -2.76. The monoisotopic (exact) mass is 328 g/mol. The number of nitrogens with one attached hydrogen (secondary N) is 1. The van der Waals surface area contributed by atoms with Gasteiger partial charge in [-0.25, -0.2) is 4.79 Å². The molecule has 0 aliphatic rings. The number of hydrogen-bond acceptors (Lipinski definition) is 4. The van der Waals surface area contributed by atoms with Gasteiger partial charge in [0.1, 0.15) is 11.5 Å². The average Bonchev–Trinajstić information content (AvgIpc) is 2.47. The standard InChI is InChI=1S/C18H20N2O4/c1-5-14-15(16(22)13-7-10(2)6-11(3)8-13)20(9-12(4)21)18(24)19-17(14)23/h6-8H,5,9H2,1-4H3,(H,19,23,24). The predicted octanol–water partition coefficient (Wildman–Crippen LogP) is 1.54. The summed E-state index contributed by atoms with van der Waals surface area (Å²) in [5.74, 6) is -0.705. The van der Waals surface area contributed by atoms with E-state index in [0.717, 1.165) is 15.7 Å². The van der Waals surface area contributed by atoms with Crippen molar-refractivity contribution < 1.29 is 9.59 Å². The van der Waals surface area contributed by atoms with Crippen molar-refractivity contribution in [2.75, 3.05) is 0 Å². The Morgan fingerprint density at radius 3 is 2.17 bits per heavy atom. The number of hydrogen-bond donors (Lipinski definition) is 1. The third-order valence-electron chi connectivity index (χ3n) is 3.73. The van der Waals surface area contributed by atoms with Crippen molar-refractivity contribution in [2.45, 2.75) is 40.7 Å². The normalized spacial score (nSPS) is 10.7. The van der Waals surface area contributed by atoms with Crippen molar-refractivity contribution in [3.63, 3.8) is 0 Å². The number of aromatic nitrogens is 2. The van der Waals surface area contributed by atoms with Crippen LogP contribution in [0.15, 0.2) is 27.8 Å². The van der Waals surface area contributed by atoms with Crippen molar-refractivity contribution in [3.8, 4) is 0 Å². The quantitative estimate of drug-likeness (QED) is 0.843. The van der Waals surface area contributed by atoms with Crippen LogP contribution in [0.5, 0.6) is 0 Å². The molecule has 24 heavy (non-hydrogen) atoms. The summed E-state index contributed by atoms with van der Waals surface area (Å²) in [7, 11) is 0. The molecule has 0 saturated carbocycles. The Morgan fingerprint density at radius 1 is 1.08 bits per heavy atom. The fourth-order valence-electron chi connectivity index (χ4n) is 2.82. The molecular formula is C18H20N2O4. The second-order valence-electron chi connectivity index (χ2n) is 5.93. The number of aromatic amines is 1. The van der Waals surface area contributed by atoms with Crippen LogP contribution in [0.2, 0.25) is 0 Å². The highest BCUT2D eigenvalue weighted by molar-refractivity contribution is 6.09. The number of Topliss-reactive ketones (excluding diaryl/α,β-unsaturated/α-hetero) is 1. The first-order valence-corrected chi connectivity index (χ1v) is 7.73. The number of ketones is 2. The van der Waals surface area contributed by atoms with Gasteiger partial charge in [-0.15, -0.1) is 0 Å². The summed E-state index contributed by atoms with van der Waals surface area (Å²) in [5, 5.41) is 0. The van der Waals surface area contributed by atoms with Gasteiger partial charge in [0.15, 0.2) is 0 Å². The van der Waals surface area contributed by atoms with E-state index >= 15 is 0 Å². The largest absolute Gasteiger partial charge is 0.329 e. The maximum Gasteiger partial charge on any atom is 0.329 e. The fourth-order valence-corrected chi connectivity index (χ4v) is 2.82. The highest BCUT2D eigenvalue weighted by atomic mass is 16.2. The van der Waals surface area contributed by atoms with Crippen LogP contribution in [0, 0.1) is 13.8 Å². The molecule has 6 heteroatoms. The molecule has 1 N–H and O–H groups in total. The lowest BCUT2D eigenvalue weighted by Crippen LogP contribution is -2.38. The van der Waals surface area contributed by atoms with Gasteiger partial charge in [-0.1, -0.05) is 24.1 Å². The van der Waals surface area contributed by atoms with Gasteiger partial charge in [0, 0.05) is 11.1 Å². The van der Waals surface area contributed by atoms with Crippen molar-refractivity contribution in [2.24, 2.45) is 0 Å². The number of rotatable bonds is 5. The van der Waals surface area contributed by atoms with Crippen LogP contribution in [0.4, 0.5) is 0 Å². The smallest absolute Gasteiger partial charge is 0.298 e. The van der Waals surface area contributed by atoms with Gasteiger partial charge >= 0.3 is 5.69 Å².